The van der Waals surface area contributed by atoms with Gasteiger partial charge in [-0.25, -0.2) is 9.79 Å². The second-order valence-electron chi connectivity index (χ2n) is 6.20. The third-order valence-electron chi connectivity index (χ3n) is 4.51. The third-order valence-corrected chi connectivity index (χ3v) is 5.25. The van der Waals surface area contributed by atoms with Gasteiger partial charge in [0.1, 0.15) is 17.3 Å². The summed E-state index contributed by atoms with van der Waals surface area (Å²) < 4.78 is 8.67. The van der Waals surface area contributed by atoms with E-state index in [1.54, 1.807) is 20.8 Å². The number of hydrogen-bond acceptors (Lipinski definition) is 9. The Balaban J connectivity index is 2.84. The van der Waals surface area contributed by atoms with E-state index in [0.717, 1.165) is 0 Å². The number of carbonyl (C=O) groups excluding carboxylic acids is 2. The van der Waals surface area contributed by atoms with E-state index >= 15 is 0 Å². The molecule has 1 heterocycles. The Morgan fingerprint density at radius 2 is 1.93 bits per heavy atom. The monoisotopic (exact) mass is 421 g/mol. The van der Waals surface area contributed by atoms with Gasteiger partial charge in [-0.05, 0) is 25.8 Å². The topological polar surface area (TPSA) is 134 Å². The van der Waals surface area contributed by atoms with Gasteiger partial charge in [0.05, 0.1) is 22.9 Å². The molecular weight excluding hydrogens is 398 g/mol. The van der Waals surface area contributed by atoms with E-state index in [4.69, 9.17) is 27.8 Å². The summed E-state index contributed by atoms with van der Waals surface area (Å²) in [6.07, 6.45) is 0.331. The molecule has 2 N–H and O–H groups in total. The van der Waals surface area contributed by atoms with E-state index in [1.807, 2.05) is 0 Å². The van der Waals surface area contributed by atoms with Gasteiger partial charge in [0.15, 0.2) is 0 Å². The lowest BCUT2D eigenvalue weighted by molar-refractivity contribution is -0.384. The molecule has 1 aliphatic heterocycles. The number of ether oxygens (including phenoxy) is 2. The van der Waals surface area contributed by atoms with Crippen LogP contribution in [-0.2, 0) is 23.8 Å². The van der Waals surface area contributed by atoms with E-state index in [2.05, 4.69) is 4.99 Å². The van der Waals surface area contributed by atoms with Gasteiger partial charge in [-0.1, -0.05) is 19.1 Å². The van der Waals surface area contributed by atoms with E-state index in [1.165, 1.54) is 24.3 Å². The number of aliphatic imine (C=N–C) groups is 1. The maximum Gasteiger partial charge on any atom is 0.339 e. The molecule has 0 saturated heterocycles. The lowest BCUT2D eigenvalue weighted by atomic mass is 9.74. The number of non-ortho nitro benzene ring substituents is 1. The van der Waals surface area contributed by atoms with Gasteiger partial charge in [-0.3, -0.25) is 14.9 Å². The first-order chi connectivity index (χ1) is 13.7. The van der Waals surface area contributed by atoms with Crippen LogP contribution in [-0.4, -0.2) is 35.8 Å². The highest BCUT2D eigenvalue weighted by molar-refractivity contribution is 7.81. The van der Waals surface area contributed by atoms with Crippen LogP contribution in [0.15, 0.2) is 40.7 Å². The molecule has 1 aromatic rings. The molecule has 2 unspecified atom stereocenters. The third kappa shape index (κ3) is 4.12. The minimum Gasteiger partial charge on any atom is -0.465 e. The maximum absolute atomic E-state index is 12.9. The number of nitro groups is 1. The zero-order valence-electron chi connectivity index (χ0n) is 16.4. The van der Waals surface area contributed by atoms with Gasteiger partial charge in [0, 0.05) is 17.8 Å². The fourth-order valence-corrected chi connectivity index (χ4v) is 3.90. The average molecular weight is 421 g/mol. The van der Waals surface area contributed by atoms with E-state index in [9.17, 15) is 19.7 Å². The predicted molar refractivity (Wildman–Crippen MR) is 109 cm³/mol. The zero-order chi connectivity index (χ0) is 21.8. The second kappa shape index (κ2) is 9.08. The van der Waals surface area contributed by atoms with E-state index in [-0.39, 0.29) is 35.9 Å². The first-order valence-electron chi connectivity index (χ1n) is 9.10. The summed E-state index contributed by atoms with van der Waals surface area (Å²) in [5, 5.41) is 11.3. The highest BCUT2D eigenvalue weighted by Crippen LogP contribution is 2.49. The minimum absolute atomic E-state index is 0.0584. The Kier molecular flexibility index (Phi) is 7.02. The first-order valence-corrected chi connectivity index (χ1v) is 9.55. The molecule has 29 heavy (non-hydrogen) atoms. The SMILES string of the molecule is CCOC(=O)C1=C(N)N=C(CC)C(C(=O)OCC)C1(S)c1cccc([N+](=O)[O-])c1. The summed E-state index contributed by atoms with van der Waals surface area (Å²) in [4.78, 5) is 40.6. The van der Waals surface area contributed by atoms with Crippen LogP contribution in [0.5, 0.6) is 0 Å². The number of nitrogens with two attached hydrogens (primary N) is 1. The molecule has 0 saturated carbocycles. The smallest absolute Gasteiger partial charge is 0.339 e. The molecule has 2 atom stereocenters. The van der Waals surface area contributed by atoms with Crippen molar-refractivity contribution in [3.8, 4) is 0 Å². The molecule has 1 aromatic carbocycles. The fourth-order valence-electron chi connectivity index (χ4n) is 3.30. The number of thiol groups is 1. The van der Waals surface area contributed by atoms with Crippen LogP contribution in [0.4, 0.5) is 5.69 Å². The van der Waals surface area contributed by atoms with Gasteiger partial charge in [-0.2, -0.15) is 12.6 Å². The summed E-state index contributed by atoms with van der Waals surface area (Å²) in [5.74, 6) is -2.74. The van der Waals surface area contributed by atoms with Crippen molar-refractivity contribution in [2.24, 2.45) is 16.6 Å². The Bertz CT molecular complexity index is 898. The predicted octanol–water partition coefficient (Wildman–Crippen LogP) is 2.50. The lowest BCUT2D eigenvalue weighted by Crippen LogP contribution is -2.48. The summed E-state index contributed by atoms with van der Waals surface area (Å²) in [6, 6.07) is 5.54. The number of rotatable bonds is 7. The zero-order valence-corrected chi connectivity index (χ0v) is 17.3. The van der Waals surface area contributed by atoms with Gasteiger partial charge in [0.2, 0.25) is 0 Å². The number of nitrogens with zero attached hydrogens (tertiary/aromatic N) is 2. The maximum atomic E-state index is 12.9. The standard InChI is InChI=1S/C19H23N3O6S/c1-4-13-14(17(23)27-5-2)19(29,11-8-7-9-12(10-11)22(25)26)15(16(20)21-13)18(24)28-6-3/h7-10,14,29H,4-6,20H2,1-3H3. The molecule has 1 aliphatic rings. The molecular formula is C19H23N3O6S. The summed E-state index contributed by atoms with van der Waals surface area (Å²) in [7, 11) is 0. The van der Waals surface area contributed by atoms with Crippen molar-refractivity contribution in [3.63, 3.8) is 0 Å². The van der Waals surface area contributed by atoms with Crippen LogP contribution in [0.1, 0.15) is 32.8 Å². The van der Waals surface area contributed by atoms with Crippen molar-refractivity contribution in [3.05, 3.63) is 51.3 Å². The van der Waals surface area contributed by atoms with Crippen LogP contribution >= 0.6 is 12.6 Å². The summed E-state index contributed by atoms with van der Waals surface area (Å²) in [6.45, 7) is 5.19. The molecule has 0 amide bonds. The van der Waals surface area contributed by atoms with Gasteiger partial charge in [-0.15, -0.1) is 0 Å². The normalized spacial score (nSPS) is 21.4. The van der Waals surface area contributed by atoms with Gasteiger partial charge in [0.25, 0.3) is 5.69 Å². The van der Waals surface area contributed by atoms with Gasteiger partial charge >= 0.3 is 11.9 Å². The Hall–Kier alpha value is -2.88. The van der Waals surface area contributed by atoms with Crippen LogP contribution in [0.2, 0.25) is 0 Å². The van der Waals surface area contributed by atoms with Crippen molar-refractivity contribution in [2.75, 3.05) is 13.2 Å². The number of nitro benzene ring substituents is 1. The Labute approximate surface area is 173 Å². The van der Waals surface area contributed by atoms with Crippen molar-refractivity contribution in [2.45, 2.75) is 31.9 Å². The van der Waals surface area contributed by atoms with E-state index in [0.29, 0.717) is 12.1 Å². The molecule has 0 aliphatic carbocycles. The molecule has 10 heteroatoms. The fraction of sp³-hybridized carbons (Fsp3) is 0.421. The summed E-state index contributed by atoms with van der Waals surface area (Å²) >= 11 is 4.74. The Morgan fingerprint density at radius 1 is 1.28 bits per heavy atom. The highest BCUT2D eigenvalue weighted by atomic mass is 32.1. The van der Waals surface area contributed by atoms with Crippen LogP contribution in [0, 0.1) is 16.0 Å². The summed E-state index contributed by atoms with van der Waals surface area (Å²) in [5.41, 5.74) is 6.30. The Morgan fingerprint density at radius 3 is 2.48 bits per heavy atom. The highest BCUT2D eigenvalue weighted by Gasteiger charge is 2.54. The second-order valence-corrected chi connectivity index (χ2v) is 6.90. The van der Waals surface area contributed by atoms with Crippen LogP contribution < -0.4 is 5.73 Å². The first kappa shape index (κ1) is 22.4. The van der Waals surface area contributed by atoms with Crippen LogP contribution in [0.3, 0.4) is 0 Å². The van der Waals surface area contributed by atoms with Crippen LogP contribution in [0.25, 0.3) is 0 Å². The van der Waals surface area contributed by atoms with Crippen molar-refractivity contribution in [1.82, 2.24) is 0 Å². The number of hydrogen-bond donors (Lipinski definition) is 2. The van der Waals surface area contributed by atoms with Crippen molar-refractivity contribution in [1.29, 1.82) is 0 Å². The molecule has 156 valence electrons. The molecule has 0 bridgehead atoms. The number of benzene rings is 1. The van der Waals surface area contributed by atoms with Crippen molar-refractivity contribution >= 4 is 36.0 Å². The van der Waals surface area contributed by atoms with Gasteiger partial charge < -0.3 is 15.2 Å². The largest absolute Gasteiger partial charge is 0.465 e. The average Bonchev–Trinajstić information content (AvgIpc) is 2.67. The quantitative estimate of drug-likeness (QED) is 0.299. The number of carbonyl (C=O) groups is 2. The molecule has 0 radical (unpaired) electrons. The molecule has 0 spiro atoms. The minimum atomic E-state index is -1.66. The molecule has 0 aromatic heterocycles. The number of esters is 2. The van der Waals surface area contributed by atoms with Crippen molar-refractivity contribution < 1.29 is 24.0 Å². The molecule has 0 fully saturated rings. The molecule has 9 nitrogen and oxygen atoms in total. The lowest BCUT2D eigenvalue weighted by Gasteiger charge is -2.40. The molecule has 2 rings (SSSR count). The van der Waals surface area contributed by atoms with E-state index < -0.39 is 27.5 Å².